The zero-order chi connectivity index (χ0) is 29.5. The van der Waals surface area contributed by atoms with Crippen LogP contribution in [0, 0.1) is 5.82 Å². The molecule has 0 unspecified atom stereocenters. The summed E-state index contributed by atoms with van der Waals surface area (Å²) in [7, 11) is 0. The fourth-order valence-electron chi connectivity index (χ4n) is 4.82. The number of aliphatic hydroxyl groups is 1. The van der Waals surface area contributed by atoms with Crippen LogP contribution in [-0.2, 0) is 19.3 Å². The van der Waals surface area contributed by atoms with Gasteiger partial charge in [0.05, 0.1) is 10.7 Å². The molecule has 0 saturated carbocycles. The largest absolute Gasteiger partial charge is 0.454 e. The lowest BCUT2D eigenvalue weighted by atomic mass is 10.1. The van der Waals surface area contributed by atoms with Crippen LogP contribution in [0.15, 0.2) is 88.2 Å². The van der Waals surface area contributed by atoms with Gasteiger partial charge < -0.3 is 15.2 Å². The van der Waals surface area contributed by atoms with Crippen molar-refractivity contribution in [3.8, 4) is 17.2 Å². The first-order chi connectivity index (χ1) is 20.5. The molecular weight excluding hydrogens is 553 g/mol. The molecule has 1 aliphatic heterocycles. The van der Waals surface area contributed by atoms with Crippen molar-refractivity contribution >= 4 is 23.4 Å². The number of aromatic nitrogens is 2. The number of ether oxygens (including phenoxy) is 1. The number of fused-ring (bicyclic) bond motifs is 1. The van der Waals surface area contributed by atoms with Crippen LogP contribution in [0.2, 0.25) is 0 Å². The summed E-state index contributed by atoms with van der Waals surface area (Å²) in [6, 6.07) is 16.6. The van der Waals surface area contributed by atoms with E-state index in [-0.39, 0.29) is 23.6 Å². The lowest BCUT2D eigenvalue weighted by Crippen LogP contribution is -2.31. The third kappa shape index (κ3) is 6.64. The van der Waals surface area contributed by atoms with Gasteiger partial charge in [-0.3, -0.25) is 19.1 Å². The number of halogens is 1. The van der Waals surface area contributed by atoms with Gasteiger partial charge in [-0.15, -0.1) is 0 Å². The summed E-state index contributed by atoms with van der Waals surface area (Å²) >= 11 is 1.43. The fraction of sp³-hybridized carbons (Fsp3) is 0.242. The SMILES string of the molecule is CCCCc1cc(Oc2ccc(NC(=O)c3cc4c(n(-c5ccccc5CCO)c3=O)SC=CCC4)cc2F)ccn1. The summed E-state index contributed by atoms with van der Waals surface area (Å²) < 4.78 is 22.4. The van der Waals surface area contributed by atoms with Gasteiger partial charge in [0.15, 0.2) is 11.6 Å². The van der Waals surface area contributed by atoms with Crippen LogP contribution < -0.4 is 15.6 Å². The van der Waals surface area contributed by atoms with E-state index < -0.39 is 17.3 Å². The Balaban J connectivity index is 1.43. The van der Waals surface area contributed by atoms with Crippen molar-refractivity contribution in [1.82, 2.24) is 9.55 Å². The Morgan fingerprint density at radius 2 is 2.00 bits per heavy atom. The number of hydrogen-bond acceptors (Lipinski definition) is 6. The number of aryl methyl sites for hydroxylation is 2. The van der Waals surface area contributed by atoms with Crippen LogP contribution in [0.1, 0.15) is 53.4 Å². The van der Waals surface area contributed by atoms with Gasteiger partial charge in [0, 0.05) is 36.3 Å². The molecule has 0 radical (unpaired) electrons. The van der Waals surface area contributed by atoms with Crippen molar-refractivity contribution < 1.29 is 19.0 Å². The molecule has 216 valence electrons. The van der Waals surface area contributed by atoms with Crippen LogP contribution in [0.4, 0.5) is 10.1 Å². The number of nitrogens with one attached hydrogen (secondary N) is 1. The van der Waals surface area contributed by atoms with Gasteiger partial charge in [0.1, 0.15) is 11.3 Å². The molecule has 0 atom stereocenters. The molecule has 0 saturated heterocycles. The topological polar surface area (TPSA) is 93.5 Å². The van der Waals surface area contributed by atoms with E-state index in [1.807, 2.05) is 35.7 Å². The molecule has 2 aromatic carbocycles. The van der Waals surface area contributed by atoms with E-state index >= 15 is 4.39 Å². The van der Waals surface area contributed by atoms with Crippen molar-refractivity contribution in [3.63, 3.8) is 0 Å². The second-order valence-electron chi connectivity index (χ2n) is 9.95. The van der Waals surface area contributed by atoms with E-state index in [0.29, 0.717) is 24.3 Å². The van der Waals surface area contributed by atoms with Crippen molar-refractivity contribution in [2.24, 2.45) is 0 Å². The highest BCUT2D eigenvalue weighted by atomic mass is 32.2. The highest BCUT2D eigenvalue weighted by Gasteiger charge is 2.23. The van der Waals surface area contributed by atoms with E-state index in [1.54, 1.807) is 29.0 Å². The number of hydrogen-bond donors (Lipinski definition) is 2. The van der Waals surface area contributed by atoms with Crippen molar-refractivity contribution in [3.05, 3.63) is 117 Å². The molecule has 5 rings (SSSR count). The highest BCUT2D eigenvalue weighted by Crippen LogP contribution is 2.32. The summed E-state index contributed by atoms with van der Waals surface area (Å²) in [4.78, 5) is 31.7. The molecule has 0 aliphatic carbocycles. The molecule has 2 aromatic heterocycles. The minimum atomic E-state index is -0.653. The smallest absolute Gasteiger partial charge is 0.268 e. The molecular formula is C33H32FN3O4S. The Kier molecular flexibility index (Phi) is 9.51. The van der Waals surface area contributed by atoms with Gasteiger partial charge in [0.25, 0.3) is 11.5 Å². The minimum Gasteiger partial charge on any atom is -0.454 e. The number of aliphatic hydroxyl groups excluding tert-OH is 1. The van der Waals surface area contributed by atoms with E-state index in [0.717, 1.165) is 47.5 Å². The molecule has 1 aliphatic rings. The van der Waals surface area contributed by atoms with Gasteiger partial charge in [0.2, 0.25) is 0 Å². The first-order valence-corrected chi connectivity index (χ1v) is 14.9. The lowest BCUT2D eigenvalue weighted by Gasteiger charge is -2.19. The molecule has 4 aromatic rings. The Morgan fingerprint density at radius 3 is 2.81 bits per heavy atom. The van der Waals surface area contributed by atoms with E-state index in [4.69, 9.17) is 4.74 Å². The fourth-order valence-corrected chi connectivity index (χ4v) is 5.78. The predicted octanol–water partition coefficient (Wildman–Crippen LogP) is 6.85. The van der Waals surface area contributed by atoms with Crippen LogP contribution in [0.3, 0.4) is 0 Å². The minimum absolute atomic E-state index is 0.0121. The zero-order valence-electron chi connectivity index (χ0n) is 23.3. The maximum atomic E-state index is 15.1. The number of pyridine rings is 2. The molecule has 0 fully saturated rings. The summed E-state index contributed by atoms with van der Waals surface area (Å²) in [6.45, 7) is 2.03. The number of rotatable bonds is 10. The summed E-state index contributed by atoms with van der Waals surface area (Å²) in [6.07, 6.45) is 8.30. The molecule has 1 amide bonds. The first kappa shape index (κ1) is 29.3. The Labute approximate surface area is 248 Å². The number of carbonyl (C=O) groups excluding carboxylic acids is 1. The number of nitrogens with zero attached hydrogens (tertiary/aromatic N) is 2. The van der Waals surface area contributed by atoms with Crippen molar-refractivity contribution in [2.45, 2.75) is 50.5 Å². The van der Waals surface area contributed by atoms with Gasteiger partial charge in [-0.25, -0.2) is 4.39 Å². The van der Waals surface area contributed by atoms with Crippen molar-refractivity contribution in [2.75, 3.05) is 11.9 Å². The molecule has 0 spiro atoms. The number of anilines is 1. The Hall–Kier alpha value is -4.21. The van der Waals surface area contributed by atoms with Crippen LogP contribution in [0.5, 0.6) is 11.5 Å². The van der Waals surface area contributed by atoms with Gasteiger partial charge in [-0.05, 0) is 79.0 Å². The van der Waals surface area contributed by atoms with E-state index in [1.165, 1.54) is 30.0 Å². The third-order valence-electron chi connectivity index (χ3n) is 6.94. The summed E-state index contributed by atoms with van der Waals surface area (Å²) in [5.74, 6) is -0.801. The van der Waals surface area contributed by atoms with Crippen LogP contribution >= 0.6 is 11.8 Å². The predicted molar refractivity (Wildman–Crippen MR) is 163 cm³/mol. The first-order valence-electron chi connectivity index (χ1n) is 14.0. The number of thioether (sulfide) groups is 1. The average Bonchev–Trinajstić information content (AvgIpc) is 3.23. The summed E-state index contributed by atoms with van der Waals surface area (Å²) in [5, 5.41) is 15.0. The molecule has 3 heterocycles. The molecule has 0 bridgehead atoms. The van der Waals surface area contributed by atoms with E-state index in [9.17, 15) is 14.7 Å². The molecule has 42 heavy (non-hydrogen) atoms. The van der Waals surface area contributed by atoms with Crippen LogP contribution in [0.25, 0.3) is 5.69 Å². The van der Waals surface area contributed by atoms with Gasteiger partial charge >= 0.3 is 0 Å². The van der Waals surface area contributed by atoms with Gasteiger partial charge in [-0.2, -0.15) is 0 Å². The Morgan fingerprint density at radius 1 is 1.14 bits per heavy atom. The second kappa shape index (κ2) is 13.6. The molecule has 7 nitrogen and oxygen atoms in total. The van der Waals surface area contributed by atoms with E-state index in [2.05, 4.69) is 17.2 Å². The van der Waals surface area contributed by atoms with Gasteiger partial charge in [-0.1, -0.05) is 49.4 Å². The highest BCUT2D eigenvalue weighted by molar-refractivity contribution is 8.02. The number of benzene rings is 2. The number of unbranched alkanes of at least 4 members (excludes halogenated alkanes) is 1. The standard InChI is InChI=1S/C33H32FN3O4S/c1-2-3-10-24-20-26(14-16-35-24)41-30-13-12-25(21-28(30)34)36-31(39)27-19-23-9-6-7-18-42-33(23)37(32(27)40)29-11-5-4-8-22(29)15-17-38/h4-5,7-8,11-14,16,18-21,38H,2-3,6,9-10,15,17H2,1H3,(H,36,39). The van der Waals surface area contributed by atoms with Crippen molar-refractivity contribution in [1.29, 1.82) is 0 Å². The second-order valence-corrected chi connectivity index (χ2v) is 10.8. The quantitative estimate of drug-likeness (QED) is 0.212. The number of para-hydroxylation sites is 1. The molecule has 9 heteroatoms. The van der Waals surface area contributed by atoms with Crippen LogP contribution in [-0.4, -0.2) is 27.2 Å². The maximum Gasteiger partial charge on any atom is 0.268 e. The number of allylic oxidation sites excluding steroid dienone is 1. The Bertz CT molecular complexity index is 1680. The zero-order valence-corrected chi connectivity index (χ0v) is 24.1. The summed E-state index contributed by atoms with van der Waals surface area (Å²) in [5.41, 5.74) is 2.80. The number of amides is 1. The normalized spacial score (nSPS) is 12.5. The lowest BCUT2D eigenvalue weighted by molar-refractivity contribution is 0.102. The maximum absolute atomic E-state index is 15.1. The third-order valence-corrected chi connectivity index (χ3v) is 7.93. The monoisotopic (exact) mass is 585 g/mol. The average molecular weight is 586 g/mol. The molecule has 2 N–H and O–H groups in total. The number of carbonyl (C=O) groups is 1.